The van der Waals surface area contributed by atoms with Crippen molar-refractivity contribution in [2.45, 2.75) is 33.6 Å². The van der Waals surface area contributed by atoms with Gasteiger partial charge < -0.3 is 10.4 Å². The minimum absolute atomic E-state index is 0.229. The maximum absolute atomic E-state index is 8.78. The lowest BCUT2D eigenvalue weighted by Gasteiger charge is -2.16. The van der Waals surface area contributed by atoms with Gasteiger partial charge >= 0.3 is 0 Å². The Morgan fingerprint density at radius 2 is 2.14 bits per heavy atom. The highest BCUT2D eigenvalue weighted by Crippen LogP contribution is 2.17. The molecule has 0 aromatic heterocycles. The number of nitrogens with zero attached hydrogens (tertiary/aromatic N) is 1. The first-order valence-electron chi connectivity index (χ1n) is 5.24. The van der Waals surface area contributed by atoms with Crippen LogP contribution in [-0.4, -0.2) is 24.8 Å². The van der Waals surface area contributed by atoms with Gasteiger partial charge in [0, 0.05) is 6.61 Å². The third kappa shape index (κ3) is 6.88. The Morgan fingerprint density at radius 3 is 2.64 bits per heavy atom. The van der Waals surface area contributed by atoms with E-state index < -0.39 is 0 Å². The Bertz CT molecular complexity index is 184. The minimum Gasteiger partial charge on any atom is -0.396 e. The van der Waals surface area contributed by atoms with E-state index in [1.54, 1.807) is 0 Å². The van der Waals surface area contributed by atoms with Crippen LogP contribution in [0, 0.1) is 22.7 Å². The number of aliphatic hydroxyl groups is 1. The van der Waals surface area contributed by atoms with Crippen molar-refractivity contribution < 1.29 is 5.11 Å². The van der Waals surface area contributed by atoms with Gasteiger partial charge in [-0.25, -0.2) is 0 Å². The molecule has 0 bridgehead atoms. The molecule has 0 amide bonds. The van der Waals surface area contributed by atoms with Crippen LogP contribution in [0.2, 0.25) is 0 Å². The maximum atomic E-state index is 8.78. The summed E-state index contributed by atoms with van der Waals surface area (Å²) < 4.78 is 0. The largest absolute Gasteiger partial charge is 0.396 e. The second-order valence-corrected chi connectivity index (χ2v) is 4.57. The summed E-state index contributed by atoms with van der Waals surface area (Å²) in [5, 5.41) is 20.8. The van der Waals surface area contributed by atoms with Gasteiger partial charge in [0.1, 0.15) is 0 Å². The summed E-state index contributed by atoms with van der Waals surface area (Å²) in [6.45, 7) is 8.06. The summed E-state index contributed by atoms with van der Waals surface area (Å²) >= 11 is 0. The van der Waals surface area contributed by atoms with Crippen molar-refractivity contribution in [2.24, 2.45) is 11.3 Å². The van der Waals surface area contributed by atoms with Crippen molar-refractivity contribution in [1.82, 2.24) is 5.32 Å². The van der Waals surface area contributed by atoms with Crippen LogP contribution in [0.5, 0.6) is 0 Å². The number of aliphatic hydroxyl groups excluding tert-OH is 1. The molecule has 0 heterocycles. The first-order chi connectivity index (χ1) is 6.52. The molecular formula is C11H22N2O. The fourth-order valence-corrected chi connectivity index (χ4v) is 1.13. The van der Waals surface area contributed by atoms with E-state index in [0.717, 1.165) is 25.9 Å². The van der Waals surface area contributed by atoms with Crippen molar-refractivity contribution in [3.05, 3.63) is 0 Å². The van der Waals surface area contributed by atoms with Gasteiger partial charge in [-0.3, -0.25) is 0 Å². The molecule has 3 nitrogen and oxygen atoms in total. The monoisotopic (exact) mass is 198 g/mol. The zero-order chi connectivity index (χ0) is 11.0. The predicted octanol–water partition coefficient (Wildman–Crippen LogP) is 1.53. The van der Waals surface area contributed by atoms with E-state index in [9.17, 15) is 0 Å². The molecule has 0 saturated heterocycles. The SMILES string of the molecule is CC(CCO)CNCCC(C)(C)C#N. The first kappa shape index (κ1) is 13.4. The number of hydrogen-bond acceptors (Lipinski definition) is 3. The molecule has 0 aromatic carbocycles. The van der Waals surface area contributed by atoms with Crippen molar-refractivity contribution in [3.8, 4) is 6.07 Å². The molecule has 1 atom stereocenters. The van der Waals surface area contributed by atoms with Crippen molar-refractivity contribution in [3.63, 3.8) is 0 Å². The van der Waals surface area contributed by atoms with E-state index >= 15 is 0 Å². The highest BCUT2D eigenvalue weighted by Gasteiger charge is 2.15. The molecule has 0 aliphatic heterocycles. The fourth-order valence-electron chi connectivity index (χ4n) is 1.13. The summed E-state index contributed by atoms with van der Waals surface area (Å²) in [5.74, 6) is 0.505. The van der Waals surface area contributed by atoms with Crippen molar-refractivity contribution in [1.29, 1.82) is 5.26 Å². The van der Waals surface area contributed by atoms with Crippen LogP contribution in [0.25, 0.3) is 0 Å². The van der Waals surface area contributed by atoms with Gasteiger partial charge in [-0.1, -0.05) is 6.92 Å². The zero-order valence-electron chi connectivity index (χ0n) is 9.51. The Kier molecular flexibility index (Phi) is 6.52. The molecule has 0 radical (unpaired) electrons. The van der Waals surface area contributed by atoms with E-state index in [1.807, 2.05) is 13.8 Å². The molecule has 82 valence electrons. The summed E-state index contributed by atoms with van der Waals surface area (Å²) in [5.41, 5.74) is -0.229. The Balaban J connectivity index is 3.43. The predicted molar refractivity (Wildman–Crippen MR) is 57.7 cm³/mol. The van der Waals surface area contributed by atoms with Crippen LogP contribution in [0.3, 0.4) is 0 Å². The van der Waals surface area contributed by atoms with Gasteiger partial charge in [0.25, 0.3) is 0 Å². The molecule has 0 aliphatic rings. The fraction of sp³-hybridized carbons (Fsp3) is 0.909. The van der Waals surface area contributed by atoms with Crippen LogP contribution in [0.4, 0.5) is 0 Å². The number of nitrogens with one attached hydrogen (secondary N) is 1. The normalized spacial score (nSPS) is 13.6. The number of rotatable bonds is 7. The summed E-state index contributed by atoms with van der Waals surface area (Å²) in [6, 6.07) is 2.27. The van der Waals surface area contributed by atoms with E-state index in [1.165, 1.54) is 0 Å². The van der Waals surface area contributed by atoms with Gasteiger partial charge in [0.15, 0.2) is 0 Å². The van der Waals surface area contributed by atoms with Gasteiger partial charge in [-0.2, -0.15) is 5.26 Å². The lowest BCUT2D eigenvalue weighted by molar-refractivity contribution is 0.259. The van der Waals surface area contributed by atoms with E-state index in [2.05, 4.69) is 18.3 Å². The van der Waals surface area contributed by atoms with Gasteiger partial charge in [0.05, 0.1) is 11.5 Å². The van der Waals surface area contributed by atoms with Crippen LogP contribution in [0.15, 0.2) is 0 Å². The third-order valence-electron chi connectivity index (χ3n) is 2.34. The molecular weight excluding hydrogens is 176 g/mol. The molecule has 0 saturated carbocycles. The van der Waals surface area contributed by atoms with Gasteiger partial charge in [-0.15, -0.1) is 0 Å². The quantitative estimate of drug-likeness (QED) is 0.610. The Labute approximate surface area is 87.1 Å². The van der Waals surface area contributed by atoms with Gasteiger partial charge in [0.2, 0.25) is 0 Å². The number of hydrogen-bond donors (Lipinski definition) is 2. The minimum atomic E-state index is -0.229. The second kappa shape index (κ2) is 6.80. The molecule has 0 rings (SSSR count). The smallest absolute Gasteiger partial charge is 0.0684 e. The highest BCUT2D eigenvalue weighted by atomic mass is 16.3. The third-order valence-corrected chi connectivity index (χ3v) is 2.34. The van der Waals surface area contributed by atoms with E-state index in [-0.39, 0.29) is 12.0 Å². The second-order valence-electron chi connectivity index (χ2n) is 4.57. The molecule has 0 aliphatic carbocycles. The highest BCUT2D eigenvalue weighted by molar-refractivity contribution is 4.91. The van der Waals surface area contributed by atoms with Crippen LogP contribution in [-0.2, 0) is 0 Å². The van der Waals surface area contributed by atoms with Crippen LogP contribution >= 0.6 is 0 Å². The first-order valence-corrected chi connectivity index (χ1v) is 5.24. The standard InChI is InChI=1S/C11H22N2O/c1-10(4-7-14)8-13-6-5-11(2,3)9-12/h10,13-14H,4-8H2,1-3H3. The van der Waals surface area contributed by atoms with Crippen molar-refractivity contribution in [2.75, 3.05) is 19.7 Å². The molecule has 1 unspecified atom stereocenters. The Hall–Kier alpha value is -0.590. The van der Waals surface area contributed by atoms with Crippen LogP contribution in [0.1, 0.15) is 33.6 Å². The average Bonchev–Trinajstić information content (AvgIpc) is 2.13. The van der Waals surface area contributed by atoms with Gasteiger partial charge in [-0.05, 0) is 45.7 Å². The molecule has 0 spiro atoms. The molecule has 0 aromatic rings. The maximum Gasteiger partial charge on any atom is 0.0684 e. The zero-order valence-corrected chi connectivity index (χ0v) is 9.51. The molecule has 3 heteroatoms. The molecule has 0 fully saturated rings. The average molecular weight is 198 g/mol. The summed E-state index contributed by atoms with van der Waals surface area (Å²) in [4.78, 5) is 0. The lowest BCUT2D eigenvalue weighted by Crippen LogP contribution is -2.26. The van der Waals surface area contributed by atoms with E-state index in [4.69, 9.17) is 10.4 Å². The lowest BCUT2D eigenvalue weighted by atomic mass is 9.91. The number of nitriles is 1. The summed E-state index contributed by atoms with van der Waals surface area (Å²) in [7, 11) is 0. The molecule has 2 N–H and O–H groups in total. The van der Waals surface area contributed by atoms with Crippen molar-refractivity contribution >= 4 is 0 Å². The molecule has 14 heavy (non-hydrogen) atoms. The topological polar surface area (TPSA) is 56.0 Å². The van der Waals surface area contributed by atoms with Crippen LogP contribution < -0.4 is 5.32 Å². The summed E-state index contributed by atoms with van der Waals surface area (Å²) in [6.07, 6.45) is 1.71. The van der Waals surface area contributed by atoms with E-state index in [0.29, 0.717) is 5.92 Å². The Morgan fingerprint density at radius 1 is 1.50 bits per heavy atom.